The van der Waals surface area contributed by atoms with Gasteiger partial charge in [0.1, 0.15) is 11.7 Å². The van der Waals surface area contributed by atoms with Gasteiger partial charge in [0.25, 0.3) is 0 Å². The molecule has 1 N–H and O–H groups in total. The zero-order valence-electron chi connectivity index (χ0n) is 12.2. The number of allylic oxidation sites excluding steroid dienone is 2. The van der Waals surface area contributed by atoms with Gasteiger partial charge in [-0.1, -0.05) is 18.2 Å². The van der Waals surface area contributed by atoms with Crippen molar-refractivity contribution in [1.82, 2.24) is 10.2 Å². The van der Waals surface area contributed by atoms with Crippen LogP contribution in [-0.2, 0) is 0 Å². The molecule has 0 aromatic rings. The summed E-state index contributed by atoms with van der Waals surface area (Å²) in [5.74, 6) is 2.93. The van der Waals surface area contributed by atoms with Crippen LogP contribution in [-0.4, -0.2) is 29.7 Å². The largest absolute Gasteiger partial charge is 0.361 e. The molecule has 3 heterocycles. The Kier molecular flexibility index (Phi) is 3.72. The monoisotopic (exact) mass is 270 g/mol. The number of aliphatic imine (C=N–C) groups is 2. The highest BCUT2D eigenvalue weighted by Gasteiger charge is 2.31. The molecule has 4 nitrogen and oxygen atoms in total. The average Bonchev–Trinajstić information content (AvgIpc) is 2.97. The van der Waals surface area contributed by atoms with Crippen LogP contribution in [0.2, 0.25) is 0 Å². The molecule has 3 aliphatic rings. The van der Waals surface area contributed by atoms with Crippen molar-refractivity contribution < 1.29 is 0 Å². The Balaban J connectivity index is 1.83. The minimum atomic E-state index is 0.319. The Morgan fingerprint density at radius 2 is 2.10 bits per heavy atom. The molecule has 0 saturated carbocycles. The van der Waals surface area contributed by atoms with Crippen molar-refractivity contribution in [2.75, 3.05) is 13.1 Å². The van der Waals surface area contributed by atoms with Crippen LogP contribution in [0.15, 0.2) is 46.3 Å². The summed E-state index contributed by atoms with van der Waals surface area (Å²) in [5, 5.41) is 3.22. The number of nitrogens with zero attached hydrogens (tertiary/aromatic N) is 3. The number of hydrogen-bond acceptors (Lipinski definition) is 4. The van der Waals surface area contributed by atoms with E-state index in [4.69, 9.17) is 4.99 Å². The predicted octanol–water partition coefficient (Wildman–Crippen LogP) is 2.68. The van der Waals surface area contributed by atoms with Gasteiger partial charge in [-0.15, -0.1) is 0 Å². The molecule has 0 spiro atoms. The highest BCUT2D eigenvalue weighted by molar-refractivity contribution is 5.91. The predicted molar refractivity (Wildman–Crippen MR) is 83.5 cm³/mol. The lowest BCUT2D eigenvalue weighted by atomic mass is 9.87. The van der Waals surface area contributed by atoms with E-state index in [9.17, 15) is 0 Å². The van der Waals surface area contributed by atoms with Gasteiger partial charge in [0, 0.05) is 43.2 Å². The van der Waals surface area contributed by atoms with Crippen molar-refractivity contribution in [3.05, 3.63) is 36.3 Å². The number of nitrogens with one attached hydrogen (secondary N) is 1. The highest BCUT2D eigenvalue weighted by atomic mass is 15.2. The Morgan fingerprint density at radius 1 is 1.25 bits per heavy atom. The van der Waals surface area contributed by atoms with E-state index in [0.29, 0.717) is 11.8 Å². The number of rotatable bonds is 3. The van der Waals surface area contributed by atoms with E-state index >= 15 is 0 Å². The second kappa shape index (κ2) is 5.65. The van der Waals surface area contributed by atoms with Gasteiger partial charge in [0.2, 0.25) is 0 Å². The fraction of sp³-hybridized carbons (Fsp3) is 0.500. The van der Waals surface area contributed by atoms with Crippen LogP contribution in [0.3, 0.4) is 0 Å². The molecule has 2 unspecified atom stereocenters. The van der Waals surface area contributed by atoms with E-state index in [2.05, 4.69) is 47.3 Å². The smallest absolute Gasteiger partial charge is 0.113 e. The maximum absolute atomic E-state index is 4.94. The molecule has 2 atom stereocenters. The van der Waals surface area contributed by atoms with Gasteiger partial charge < -0.3 is 10.2 Å². The summed E-state index contributed by atoms with van der Waals surface area (Å²) in [5.41, 5.74) is 1.19. The quantitative estimate of drug-likeness (QED) is 0.856. The van der Waals surface area contributed by atoms with E-state index in [1.54, 1.807) is 0 Å². The van der Waals surface area contributed by atoms with Crippen molar-refractivity contribution in [3.8, 4) is 0 Å². The molecule has 0 amide bonds. The summed E-state index contributed by atoms with van der Waals surface area (Å²) in [6, 6.07) is 0. The number of amidine groups is 2. The van der Waals surface area contributed by atoms with E-state index in [0.717, 1.165) is 31.8 Å². The molecule has 3 aliphatic heterocycles. The summed E-state index contributed by atoms with van der Waals surface area (Å²) >= 11 is 0. The van der Waals surface area contributed by atoms with Crippen molar-refractivity contribution in [3.63, 3.8) is 0 Å². The summed E-state index contributed by atoms with van der Waals surface area (Å²) < 4.78 is 0. The Morgan fingerprint density at radius 3 is 2.90 bits per heavy atom. The van der Waals surface area contributed by atoms with E-state index in [1.165, 1.54) is 11.5 Å². The molecule has 0 fully saturated rings. The van der Waals surface area contributed by atoms with E-state index in [-0.39, 0.29) is 0 Å². The van der Waals surface area contributed by atoms with Gasteiger partial charge in [0.15, 0.2) is 0 Å². The normalized spacial score (nSPS) is 27.4. The van der Waals surface area contributed by atoms with Gasteiger partial charge in [-0.2, -0.15) is 0 Å². The maximum Gasteiger partial charge on any atom is 0.113 e. The van der Waals surface area contributed by atoms with Crippen molar-refractivity contribution in [2.24, 2.45) is 21.8 Å². The second-order valence-electron chi connectivity index (χ2n) is 5.28. The molecule has 0 bridgehead atoms. The van der Waals surface area contributed by atoms with Gasteiger partial charge >= 0.3 is 0 Å². The fourth-order valence-corrected chi connectivity index (χ4v) is 3.08. The Labute approximate surface area is 120 Å². The molecule has 106 valence electrons. The lowest BCUT2D eigenvalue weighted by Gasteiger charge is -2.29. The van der Waals surface area contributed by atoms with Crippen molar-refractivity contribution >= 4 is 11.7 Å². The molecule has 0 aromatic heterocycles. The van der Waals surface area contributed by atoms with Crippen LogP contribution in [0.25, 0.3) is 0 Å². The van der Waals surface area contributed by atoms with Gasteiger partial charge in [-0.25, -0.2) is 9.98 Å². The van der Waals surface area contributed by atoms with Crippen molar-refractivity contribution in [1.29, 1.82) is 0 Å². The first-order valence-electron chi connectivity index (χ1n) is 7.53. The molecule has 0 radical (unpaired) electrons. The van der Waals surface area contributed by atoms with Crippen molar-refractivity contribution in [2.45, 2.75) is 26.7 Å². The second-order valence-corrected chi connectivity index (χ2v) is 5.28. The zero-order valence-corrected chi connectivity index (χ0v) is 12.2. The first-order chi connectivity index (χ1) is 9.83. The van der Waals surface area contributed by atoms with Gasteiger partial charge in [-0.3, -0.25) is 0 Å². The minimum Gasteiger partial charge on any atom is -0.361 e. The summed E-state index contributed by atoms with van der Waals surface area (Å²) in [6.07, 6.45) is 12.7. The molecule has 3 rings (SSSR count). The molecule has 0 aliphatic carbocycles. The van der Waals surface area contributed by atoms with Crippen LogP contribution in [0.4, 0.5) is 0 Å². The third kappa shape index (κ3) is 2.30. The molecule has 0 aromatic carbocycles. The molecule has 4 heteroatoms. The topological polar surface area (TPSA) is 40.0 Å². The lowest BCUT2D eigenvalue weighted by Crippen LogP contribution is -2.33. The van der Waals surface area contributed by atoms with Crippen LogP contribution >= 0.6 is 0 Å². The average molecular weight is 270 g/mol. The standard InChI is InChI=1S/C16H22N4/c1-3-20(4-2)15-7-5-6-14(19-15)12-8-10-17-16-13(12)9-11-18-16/h6,8-13H,3-5,7H2,1-2H3,(H,17,18). The van der Waals surface area contributed by atoms with Gasteiger partial charge in [-0.05, 0) is 26.5 Å². The molecule has 0 saturated heterocycles. The molecule has 20 heavy (non-hydrogen) atoms. The Hall–Kier alpha value is -1.84. The summed E-state index contributed by atoms with van der Waals surface area (Å²) in [7, 11) is 0. The van der Waals surface area contributed by atoms with Crippen LogP contribution in [0.5, 0.6) is 0 Å². The third-order valence-corrected chi connectivity index (χ3v) is 4.19. The highest BCUT2D eigenvalue weighted by Crippen LogP contribution is 2.32. The lowest BCUT2D eigenvalue weighted by molar-refractivity contribution is 0.450. The summed E-state index contributed by atoms with van der Waals surface area (Å²) in [6.45, 7) is 6.44. The van der Waals surface area contributed by atoms with Crippen LogP contribution in [0, 0.1) is 11.8 Å². The Bertz CT molecular complexity index is 521. The molecular formula is C16H22N4. The first kappa shape index (κ1) is 13.2. The number of hydrogen-bond donors (Lipinski definition) is 1. The first-order valence-corrected chi connectivity index (χ1v) is 7.53. The van der Waals surface area contributed by atoms with Crippen LogP contribution in [0.1, 0.15) is 26.7 Å². The fourth-order valence-electron chi connectivity index (χ4n) is 3.08. The SMILES string of the molecule is CCN(CC)C1=NC(C2C=CN=C3NC=CC32)=CCC1. The van der Waals surface area contributed by atoms with Crippen LogP contribution < -0.4 is 5.32 Å². The number of fused-ring (bicyclic) bond motifs is 1. The van der Waals surface area contributed by atoms with E-state index < -0.39 is 0 Å². The summed E-state index contributed by atoms with van der Waals surface area (Å²) in [4.78, 5) is 11.7. The zero-order chi connectivity index (χ0) is 13.9. The minimum absolute atomic E-state index is 0.319. The maximum atomic E-state index is 4.94. The third-order valence-electron chi connectivity index (χ3n) is 4.19. The van der Waals surface area contributed by atoms with Gasteiger partial charge in [0.05, 0.1) is 0 Å². The molecular weight excluding hydrogens is 248 g/mol. The van der Waals surface area contributed by atoms with E-state index in [1.807, 2.05) is 12.4 Å².